The highest BCUT2D eigenvalue weighted by atomic mass is 32.1. The molecule has 0 aromatic carbocycles. The second kappa shape index (κ2) is 4.96. The summed E-state index contributed by atoms with van der Waals surface area (Å²) in [6.45, 7) is 5.51. The minimum atomic E-state index is 0.326. The Balaban J connectivity index is 2.22. The van der Waals surface area contributed by atoms with E-state index in [0.717, 1.165) is 18.4 Å². The summed E-state index contributed by atoms with van der Waals surface area (Å²) in [5, 5.41) is 0. The van der Waals surface area contributed by atoms with E-state index in [9.17, 15) is 0 Å². The molecule has 1 aromatic heterocycles. The predicted octanol–water partition coefficient (Wildman–Crippen LogP) is 1.74. The summed E-state index contributed by atoms with van der Waals surface area (Å²) in [4.78, 5) is 11.3. The van der Waals surface area contributed by atoms with Gasteiger partial charge in [-0.25, -0.2) is 9.97 Å². The molecule has 0 amide bonds. The second-order valence-electron chi connectivity index (χ2n) is 4.78. The molecule has 0 aliphatic carbocycles. The van der Waals surface area contributed by atoms with Gasteiger partial charge >= 0.3 is 0 Å². The second-order valence-corrected chi connectivity index (χ2v) is 5.22. The van der Waals surface area contributed by atoms with Gasteiger partial charge in [-0.1, -0.05) is 19.1 Å². The van der Waals surface area contributed by atoms with Crippen molar-refractivity contribution >= 4 is 23.2 Å². The van der Waals surface area contributed by atoms with Crippen molar-refractivity contribution in [3.8, 4) is 0 Å². The summed E-state index contributed by atoms with van der Waals surface area (Å²) in [5.74, 6) is 1.52. The molecule has 0 saturated carbocycles. The Morgan fingerprint density at radius 3 is 2.94 bits per heavy atom. The standard InChI is InChI=1S/C12H18N4S/c1-8-4-6-16(9(2)7-8)12-14-5-3-10(15-12)11(13)17/h3,5,8-9H,4,6-7H2,1-2H3,(H2,13,17). The maximum absolute atomic E-state index is 5.59. The summed E-state index contributed by atoms with van der Waals surface area (Å²) in [6, 6.07) is 2.23. The molecular formula is C12H18N4S. The van der Waals surface area contributed by atoms with Crippen molar-refractivity contribution in [3.05, 3.63) is 18.0 Å². The van der Waals surface area contributed by atoms with Gasteiger partial charge in [0.25, 0.3) is 0 Å². The first-order chi connectivity index (χ1) is 8.08. The largest absolute Gasteiger partial charge is 0.388 e. The average Bonchev–Trinajstić information content (AvgIpc) is 2.29. The molecule has 2 N–H and O–H groups in total. The van der Waals surface area contributed by atoms with Crippen molar-refractivity contribution in [2.24, 2.45) is 11.7 Å². The number of nitrogens with two attached hydrogens (primary N) is 1. The van der Waals surface area contributed by atoms with E-state index < -0.39 is 0 Å². The van der Waals surface area contributed by atoms with Crippen LogP contribution in [0.15, 0.2) is 12.3 Å². The highest BCUT2D eigenvalue weighted by Crippen LogP contribution is 2.25. The Labute approximate surface area is 107 Å². The lowest BCUT2D eigenvalue weighted by Gasteiger charge is -2.36. The fraction of sp³-hybridized carbons (Fsp3) is 0.583. The van der Waals surface area contributed by atoms with Crippen molar-refractivity contribution in [2.45, 2.75) is 32.7 Å². The Morgan fingerprint density at radius 2 is 2.29 bits per heavy atom. The van der Waals surface area contributed by atoms with E-state index in [1.54, 1.807) is 12.3 Å². The molecule has 17 heavy (non-hydrogen) atoms. The van der Waals surface area contributed by atoms with E-state index in [0.29, 0.717) is 16.7 Å². The van der Waals surface area contributed by atoms with E-state index in [2.05, 4.69) is 28.7 Å². The monoisotopic (exact) mass is 250 g/mol. The SMILES string of the molecule is CC1CCN(c2nccc(C(N)=S)n2)C(C)C1. The average molecular weight is 250 g/mol. The zero-order chi connectivity index (χ0) is 12.4. The van der Waals surface area contributed by atoms with Gasteiger partial charge in [0.05, 0.1) is 0 Å². The molecule has 1 aliphatic heterocycles. The summed E-state index contributed by atoms with van der Waals surface area (Å²) in [7, 11) is 0. The predicted molar refractivity (Wildman–Crippen MR) is 73.1 cm³/mol. The number of thiocarbonyl (C=S) groups is 1. The summed E-state index contributed by atoms with van der Waals surface area (Å²) in [6.07, 6.45) is 4.09. The van der Waals surface area contributed by atoms with Crippen LogP contribution < -0.4 is 10.6 Å². The first-order valence-electron chi connectivity index (χ1n) is 5.97. The van der Waals surface area contributed by atoms with Gasteiger partial charge in [0.1, 0.15) is 10.7 Å². The number of hydrogen-bond donors (Lipinski definition) is 1. The van der Waals surface area contributed by atoms with Gasteiger partial charge in [0.2, 0.25) is 5.95 Å². The van der Waals surface area contributed by atoms with Gasteiger partial charge in [-0.15, -0.1) is 0 Å². The van der Waals surface area contributed by atoms with Crippen molar-refractivity contribution in [3.63, 3.8) is 0 Å². The molecule has 1 aliphatic rings. The van der Waals surface area contributed by atoms with E-state index in [-0.39, 0.29) is 0 Å². The van der Waals surface area contributed by atoms with Crippen LogP contribution in [0.25, 0.3) is 0 Å². The molecule has 1 fully saturated rings. The highest BCUT2D eigenvalue weighted by molar-refractivity contribution is 7.80. The number of piperidine rings is 1. The van der Waals surface area contributed by atoms with Crippen LogP contribution in [0.5, 0.6) is 0 Å². The van der Waals surface area contributed by atoms with Gasteiger partial charge in [-0.05, 0) is 31.7 Å². The van der Waals surface area contributed by atoms with E-state index in [4.69, 9.17) is 18.0 Å². The molecule has 1 saturated heterocycles. The summed E-state index contributed by atoms with van der Waals surface area (Å²) < 4.78 is 0. The van der Waals surface area contributed by atoms with E-state index in [1.165, 1.54) is 12.8 Å². The fourth-order valence-electron chi connectivity index (χ4n) is 2.33. The van der Waals surface area contributed by atoms with Crippen LogP contribution in [0.2, 0.25) is 0 Å². The van der Waals surface area contributed by atoms with Crippen LogP contribution >= 0.6 is 12.2 Å². The van der Waals surface area contributed by atoms with Crippen LogP contribution in [0, 0.1) is 5.92 Å². The Hall–Kier alpha value is -1.23. The van der Waals surface area contributed by atoms with Crippen molar-refractivity contribution in [2.75, 3.05) is 11.4 Å². The lowest BCUT2D eigenvalue weighted by atomic mass is 9.94. The number of aromatic nitrogens is 2. The molecule has 2 heterocycles. The maximum Gasteiger partial charge on any atom is 0.226 e. The third kappa shape index (κ3) is 2.72. The molecule has 92 valence electrons. The number of nitrogens with zero attached hydrogens (tertiary/aromatic N) is 3. The smallest absolute Gasteiger partial charge is 0.226 e. The molecule has 0 spiro atoms. The number of anilines is 1. The van der Waals surface area contributed by atoms with Gasteiger partial charge in [-0.3, -0.25) is 0 Å². The number of rotatable bonds is 2. The molecular weight excluding hydrogens is 232 g/mol. The molecule has 4 nitrogen and oxygen atoms in total. The molecule has 0 bridgehead atoms. The first kappa shape index (κ1) is 12.2. The zero-order valence-corrected chi connectivity index (χ0v) is 11.1. The third-order valence-corrected chi connectivity index (χ3v) is 3.50. The van der Waals surface area contributed by atoms with Gasteiger partial charge in [0, 0.05) is 18.8 Å². The van der Waals surface area contributed by atoms with Crippen molar-refractivity contribution < 1.29 is 0 Å². The zero-order valence-electron chi connectivity index (χ0n) is 10.3. The Bertz CT molecular complexity index is 421. The van der Waals surface area contributed by atoms with Crippen molar-refractivity contribution in [1.29, 1.82) is 0 Å². The summed E-state index contributed by atoms with van der Waals surface area (Å²) in [5.41, 5.74) is 6.24. The molecule has 5 heteroatoms. The van der Waals surface area contributed by atoms with Crippen molar-refractivity contribution in [1.82, 2.24) is 9.97 Å². The molecule has 2 rings (SSSR count). The molecule has 2 atom stereocenters. The maximum atomic E-state index is 5.59. The fourth-order valence-corrected chi connectivity index (χ4v) is 2.44. The van der Waals surface area contributed by atoms with E-state index in [1.807, 2.05) is 0 Å². The molecule has 0 radical (unpaired) electrons. The summed E-state index contributed by atoms with van der Waals surface area (Å²) >= 11 is 4.94. The highest BCUT2D eigenvalue weighted by Gasteiger charge is 2.24. The molecule has 1 aromatic rings. The Kier molecular flexibility index (Phi) is 3.57. The minimum absolute atomic E-state index is 0.326. The Morgan fingerprint density at radius 1 is 1.53 bits per heavy atom. The topological polar surface area (TPSA) is 55.0 Å². The minimum Gasteiger partial charge on any atom is -0.388 e. The number of hydrogen-bond acceptors (Lipinski definition) is 4. The first-order valence-corrected chi connectivity index (χ1v) is 6.38. The van der Waals surface area contributed by atoms with Gasteiger partial charge in [-0.2, -0.15) is 0 Å². The van der Waals surface area contributed by atoms with Crippen LogP contribution in [0.1, 0.15) is 32.4 Å². The van der Waals surface area contributed by atoms with Gasteiger partial charge < -0.3 is 10.6 Å². The normalized spacial score (nSPS) is 24.7. The van der Waals surface area contributed by atoms with Crippen LogP contribution in [0.4, 0.5) is 5.95 Å². The van der Waals surface area contributed by atoms with Crippen LogP contribution in [-0.2, 0) is 0 Å². The molecule has 2 unspecified atom stereocenters. The lowest BCUT2D eigenvalue weighted by molar-refractivity contribution is 0.374. The third-order valence-electron chi connectivity index (χ3n) is 3.29. The van der Waals surface area contributed by atoms with Crippen LogP contribution in [-0.4, -0.2) is 27.5 Å². The van der Waals surface area contributed by atoms with E-state index >= 15 is 0 Å². The van der Waals surface area contributed by atoms with Gasteiger partial charge in [0.15, 0.2) is 0 Å². The lowest BCUT2D eigenvalue weighted by Crippen LogP contribution is -2.41. The van der Waals surface area contributed by atoms with Crippen LogP contribution in [0.3, 0.4) is 0 Å². The quantitative estimate of drug-likeness (QED) is 0.810.